The first-order valence-corrected chi connectivity index (χ1v) is 5.81. The molecule has 1 aliphatic heterocycles. The van der Waals surface area contributed by atoms with Crippen LogP contribution in [0.1, 0.15) is 30.9 Å². The van der Waals surface area contributed by atoms with E-state index < -0.39 is 0 Å². The maximum Gasteiger partial charge on any atom is 0.235 e. The molecular formula is C13H13NO3. The molecule has 1 heterocycles. The summed E-state index contributed by atoms with van der Waals surface area (Å²) in [4.78, 5) is 14.5. The van der Waals surface area contributed by atoms with Gasteiger partial charge in [-0.1, -0.05) is 6.92 Å². The molecule has 0 bridgehead atoms. The Morgan fingerprint density at radius 1 is 1.35 bits per heavy atom. The molecule has 17 heavy (non-hydrogen) atoms. The van der Waals surface area contributed by atoms with Crippen molar-refractivity contribution in [3.8, 4) is 11.5 Å². The minimum atomic E-state index is -0.339. The summed E-state index contributed by atoms with van der Waals surface area (Å²) in [6.07, 6.45) is 4.41. The summed E-state index contributed by atoms with van der Waals surface area (Å²) in [6.45, 7) is 2.35. The monoisotopic (exact) mass is 231 g/mol. The molecule has 0 unspecified atom stereocenters. The van der Waals surface area contributed by atoms with Crippen molar-refractivity contribution in [3.63, 3.8) is 0 Å². The number of nitrogens with zero attached hydrogens (tertiary/aromatic N) is 1. The standard InChI is InChI=1S/C13H13NO3/c1-2-9-5-11-12(17-8-16-11)6-10(9)13(3-4-13)14-7-15/h5-6H,2-4,8H2,1H3. The van der Waals surface area contributed by atoms with E-state index >= 15 is 0 Å². The van der Waals surface area contributed by atoms with E-state index in [-0.39, 0.29) is 12.3 Å². The van der Waals surface area contributed by atoms with Gasteiger partial charge in [0.15, 0.2) is 11.5 Å². The van der Waals surface area contributed by atoms with Gasteiger partial charge in [0.2, 0.25) is 12.9 Å². The van der Waals surface area contributed by atoms with Crippen molar-refractivity contribution in [2.24, 2.45) is 4.99 Å². The molecule has 0 N–H and O–H groups in total. The molecule has 1 saturated carbocycles. The van der Waals surface area contributed by atoms with Gasteiger partial charge in [0.05, 0.1) is 5.54 Å². The molecule has 0 radical (unpaired) electrons. The minimum absolute atomic E-state index is 0.270. The predicted octanol–water partition coefficient (Wildman–Crippen LogP) is 2.30. The second kappa shape index (κ2) is 3.60. The fraction of sp³-hybridized carbons (Fsp3) is 0.462. The van der Waals surface area contributed by atoms with Gasteiger partial charge in [0.1, 0.15) is 0 Å². The highest BCUT2D eigenvalue weighted by Gasteiger charge is 2.46. The molecule has 0 amide bonds. The second-order valence-corrected chi connectivity index (χ2v) is 4.45. The molecule has 0 atom stereocenters. The van der Waals surface area contributed by atoms with E-state index in [0.29, 0.717) is 0 Å². The highest BCUT2D eigenvalue weighted by atomic mass is 16.7. The Kier molecular flexibility index (Phi) is 2.20. The van der Waals surface area contributed by atoms with E-state index in [1.165, 1.54) is 5.56 Å². The minimum Gasteiger partial charge on any atom is -0.454 e. The summed E-state index contributed by atoms with van der Waals surface area (Å²) in [7, 11) is 0. The molecule has 4 heteroatoms. The highest BCUT2D eigenvalue weighted by Crippen LogP contribution is 2.52. The quantitative estimate of drug-likeness (QED) is 0.592. The maximum atomic E-state index is 10.5. The summed E-state index contributed by atoms with van der Waals surface area (Å²) in [5.41, 5.74) is 1.92. The van der Waals surface area contributed by atoms with Crippen molar-refractivity contribution in [3.05, 3.63) is 23.3 Å². The van der Waals surface area contributed by atoms with Crippen LogP contribution in [-0.4, -0.2) is 12.9 Å². The van der Waals surface area contributed by atoms with Crippen LogP contribution in [0, 0.1) is 0 Å². The van der Waals surface area contributed by atoms with Crippen molar-refractivity contribution >= 4 is 6.08 Å². The van der Waals surface area contributed by atoms with Gasteiger partial charge in [-0.15, -0.1) is 0 Å². The van der Waals surface area contributed by atoms with Crippen LogP contribution >= 0.6 is 0 Å². The molecule has 2 aliphatic rings. The average Bonchev–Trinajstić information content (AvgIpc) is 2.98. The molecule has 0 spiro atoms. The number of aryl methyl sites for hydroxylation is 1. The second-order valence-electron chi connectivity index (χ2n) is 4.45. The lowest BCUT2D eigenvalue weighted by Crippen LogP contribution is -2.06. The van der Waals surface area contributed by atoms with Crippen LogP contribution in [-0.2, 0) is 16.8 Å². The summed E-state index contributed by atoms with van der Waals surface area (Å²) in [5.74, 6) is 1.54. The van der Waals surface area contributed by atoms with Crippen molar-refractivity contribution < 1.29 is 14.3 Å². The number of carbonyl (C=O) groups excluding carboxylic acids is 1. The SMILES string of the molecule is CCc1cc2c(cc1C1(N=C=O)CC1)OCO2. The third-order valence-corrected chi connectivity index (χ3v) is 3.46. The van der Waals surface area contributed by atoms with E-state index in [9.17, 15) is 4.79 Å². The summed E-state index contributed by atoms with van der Waals surface area (Å²) < 4.78 is 10.7. The maximum absolute atomic E-state index is 10.5. The van der Waals surface area contributed by atoms with Crippen LogP contribution in [0.5, 0.6) is 11.5 Å². The molecule has 4 nitrogen and oxygen atoms in total. The van der Waals surface area contributed by atoms with Gasteiger partial charge in [-0.25, -0.2) is 4.79 Å². The van der Waals surface area contributed by atoms with Gasteiger partial charge in [0, 0.05) is 0 Å². The van der Waals surface area contributed by atoms with E-state index in [0.717, 1.165) is 36.3 Å². The number of benzene rings is 1. The lowest BCUT2D eigenvalue weighted by molar-refractivity contribution is 0.174. The zero-order valence-corrected chi connectivity index (χ0v) is 9.66. The van der Waals surface area contributed by atoms with Gasteiger partial charge in [-0.2, -0.15) is 4.99 Å². The molecule has 1 aromatic rings. The number of hydrogen-bond acceptors (Lipinski definition) is 4. The van der Waals surface area contributed by atoms with E-state index in [4.69, 9.17) is 9.47 Å². The first-order valence-electron chi connectivity index (χ1n) is 5.81. The topological polar surface area (TPSA) is 47.9 Å². The molecule has 1 fully saturated rings. The highest BCUT2D eigenvalue weighted by molar-refractivity contribution is 5.53. The zero-order chi connectivity index (χ0) is 11.9. The lowest BCUT2D eigenvalue weighted by atomic mass is 9.96. The van der Waals surface area contributed by atoms with Gasteiger partial charge in [-0.3, -0.25) is 0 Å². The smallest absolute Gasteiger partial charge is 0.235 e. The lowest BCUT2D eigenvalue weighted by Gasteiger charge is -2.14. The molecule has 0 aromatic heterocycles. The Morgan fingerprint density at radius 2 is 2.06 bits per heavy atom. The first kappa shape index (κ1) is 10.4. The van der Waals surface area contributed by atoms with E-state index in [1.54, 1.807) is 6.08 Å². The summed E-state index contributed by atoms with van der Waals surface area (Å²) >= 11 is 0. The van der Waals surface area contributed by atoms with Gasteiger partial charge in [-0.05, 0) is 42.5 Å². The third kappa shape index (κ3) is 1.53. The Bertz CT molecular complexity index is 514. The van der Waals surface area contributed by atoms with Crippen molar-refractivity contribution in [1.29, 1.82) is 0 Å². The van der Waals surface area contributed by atoms with Crippen LogP contribution in [0.25, 0.3) is 0 Å². The van der Waals surface area contributed by atoms with Crippen LogP contribution in [0.2, 0.25) is 0 Å². The van der Waals surface area contributed by atoms with Crippen molar-refractivity contribution in [2.45, 2.75) is 31.7 Å². The van der Waals surface area contributed by atoms with Crippen molar-refractivity contribution in [2.75, 3.05) is 6.79 Å². The van der Waals surface area contributed by atoms with Crippen LogP contribution in [0.4, 0.5) is 0 Å². The van der Waals surface area contributed by atoms with Crippen LogP contribution in [0.15, 0.2) is 17.1 Å². The third-order valence-electron chi connectivity index (χ3n) is 3.46. The number of aliphatic imine (C=N–C) groups is 1. The molecular weight excluding hydrogens is 218 g/mol. The van der Waals surface area contributed by atoms with Gasteiger partial charge >= 0.3 is 0 Å². The Morgan fingerprint density at radius 3 is 2.65 bits per heavy atom. The van der Waals surface area contributed by atoms with E-state index in [2.05, 4.69) is 11.9 Å². The summed E-state index contributed by atoms with van der Waals surface area (Å²) in [5, 5.41) is 0. The first-order chi connectivity index (χ1) is 8.29. The molecule has 88 valence electrons. The molecule has 3 rings (SSSR count). The molecule has 1 aliphatic carbocycles. The molecule has 0 saturated heterocycles. The normalized spacial score (nSPS) is 18.6. The fourth-order valence-electron chi connectivity index (χ4n) is 2.36. The van der Waals surface area contributed by atoms with Crippen LogP contribution in [0.3, 0.4) is 0 Å². The number of isocyanates is 1. The number of ether oxygens (including phenoxy) is 2. The Labute approximate surface area is 99.3 Å². The summed E-state index contributed by atoms with van der Waals surface area (Å²) in [6, 6.07) is 3.97. The van der Waals surface area contributed by atoms with Gasteiger partial charge in [0.25, 0.3) is 0 Å². The number of hydrogen-bond donors (Lipinski definition) is 0. The average molecular weight is 231 g/mol. The predicted molar refractivity (Wildman–Crippen MR) is 61.0 cm³/mol. The van der Waals surface area contributed by atoms with Gasteiger partial charge < -0.3 is 9.47 Å². The number of rotatable bonds is 3. The van der Waals surface area contributed by atoms with Crippen LogP contribution < -0.4 is 9.47 Å². The Balaban J connectivity index is 2.12. The fourth-order valence-corrected chi connectivity index (χ4v) is 2.36. The molecule has 1 aromatic carbocycles. The largest absolute Gasteiger partial charge is 0.454 e. The Hall–Kier alpha value is -1.80. The van der Waals surface area contributed by atoms with Crippen molar-refractivity contribution in [1.82, 2.24) is 0 Å². The zero-order valence-electron chi connectivity index (χ0n) is 9.66. The van der Waals surface area contributed by atoms with E-state index in [1.807, 2.05) is 12.1 Å². The number of fused-ring (bicyclic) bond motifs is 1.